The molecule has 0 radical (unpaired) electrons. The zero-order chi connectivity index (χ0) is 20.1. The molecule has 0 aliphatic carbocycles. The third-order valence-corrected chi connectivity index (χ3v) is 8.03. The van der Waals surface area contributed by atoms with E-state index in [1.807, 2.05) is 17.7 Å². The van der Waals surface area contributed by atoms with Crippen LogP contribution in [0.3, 0.4) is 0 Å². The van der Waals surface area contributed by atoms with Crippen molar-refractivity contribution < 1.29 is 17.6 Å². The van der Waals surface area contributed by atoms with E-state index in [0.29, 0.717) is 17.8 Å². The van der Waals surface area contributed by atoms with Crippen molar-refractivity contribution in [2.24, 2.45) is 0 Å². The van der Waals surface area contributed by atoms with Crippen LogP contribution in [-0.2, 0) is 16.4 Å². The number of nitrogens with zero attached hydrogens (tertiary/aromatic N) is 3. The normalized spacial score (nSPS) is 18.6. The number of halogens is 1. The van der Waals surface area contributed by atoms with Gasteiger partial charge in [0, 0.05) is 18.5 Å². The average molecular weight is 422 g/mol. The molecule has 4 rings (SSSR count). The number of carbonyl (C=O) groups is 1. The van der Waals surface area contributed by atoms with Gasteiger partial charge < -0.3 is 4.90 Å². The van der Waals surface area contributed by atoms with Crippen LogP contribution in [0.1, 0.15) is 27.3 Å². The quantitative estimate of drug-likeness (QED) is 0.649. The molecule has 2 aromatic heterocycles. The maximum absolute atomic E-state index is 13.1. The predicted molar refractivity (Wildman–Crippen MR) is 107 cm³/mol. The Labute approximate surface area is 166 Å². The number of sulfone groups is 1. The molecule has 1 aliphatic heterocycles. The summed E-state index contributed by atoms with van der Waals surface area (Å²) >= 11 is 1.35. The standard InChI is InChI=1S/C19H20FN3O3S2/c1-12-16-9-17(18(24)22(2)15-7-8-28(25,26)11-15)27-19(16)23(21-12)10-13-3-5-14(20)6-4-13/h3-6,9,15H,7-8,10-11H2,1-2H3. The molecule has 3 heterocycles. The highest BCUT2D eigenvalue weighted by Crippen LogP contribution is 2.30. The van der Waals surface area contributed by atoms with Crippen LogP contribution in [0.5, 0.6) is 0 Å². The number of benzene rings is 1. The lowest BCUT2D eigenvalue weighted by Crippen LogP contribution is -2.37. The van der Waals surface area contributed by atoms with E-state index in [2.05, 4.69) is 5.10 Å². The fourth-order valence-electron chi connectivity index (χ4n) is 3.51. The molecule has 9 heteroatoms. The summed E-state index contributed by atoms with van der Waals surface area (Å²) in [6, 6.07) is 7.80. The molecule has 1 aromatic carbocycles. The highest BCUT2D eigenvalue weighted by Gasteiger charge is 2.33. The highest BCUT2D eigenvalue weighted by atomic mass is 32.2. The number of rotatable bonds is 4. The molecule has 6 nitrogen and oxygen atoms in total. The molecule has 1 unspecified atom stereocenters. The summed E-state index contributed by atoms with van der Waals surface area (Å²) in [5.74, 6) is -0.298. The molecule has 1 atom stereocenters. The highest BCUT2D eigenvalue weighted by molar-refractivity contribution is 7.91. The van der Waals surface area contributed by atoms with Crippen LogP contribution in [0.15, 0.2) is 30.3 Å². The van der Waals surface area contributed by atoms with E-state index in [1.54, 1.807) is 24.1 Å². The summed E-state index contributed by atoms with van der Waals surface area (Å²) in [6.45, 7) is 2.37. The maximum Gasteiger partial charge on any atom is 0.264 e. The smallest absolute Gasteiger partial charge is 0.264 e. The van der Waals surface area contributed by atoms with Crippen LogP contribution in [-0.4, -0.2) is 53.6 Å². The number of fused-ring (bicyclic) bond motifs is 1. The molecule has 0 bridgehead atoms. The van der Waals surface area contributed by atoms with Gasteiger partial charge >= 0.3 is 0 Å². The van der Waals surface area contributed by atoms with Crippen LogP contribution < -0.4 is 0 Å². The Morgan fingerprint density at radius 3 is 2.71 bits per heavy atom. The van der Waals surface area contributed by atoms with Crippen LogP contribution in [0.2, 0.25) is 0 Å². The minimum atomic E-state index is -3.05. The molecule has 0 spiro atoms. The van der Waals surface area contributed by atoms with Crippen molar-refractivity contribution >= 4 is 37.3 Å². The van der Waals surface area contributed by atoms with E-state index >= 15 is 0 Å². The van der Waals surface area contributed by atoms with E-state index in [0.717, 1.165) is 21.5 Å². The Bertz CT molecular complexity index is 1150. The number of amides is 1. The zero-order valence-corrected chi connectivity index (χ0v) is 17.2. The molecular formula is C19H20FN3O3S2. The summed E-state index contributed by atoms with van der Waals surface area (Å²) in [6.07, 6.45) is 0.479. The van der Waals surface area contributed by atoms with Gasteiger partial charge in [0.2, 0.25) is 0 Å². The molecule has 1 fully saturated rings. The second-order valence-electron chi connectivity index (χ2n) is 7.17. The van der Waals surface area contributed by atoms with E-state index in [1.165, 1.54) is 23.5 Å². The van der Waals surface area contributed by atoms with Gasteiger partial charge in [-0.3, -0.25) is 9.48 Å². The van der Waals surface area contributed by atoms with Crippen LogP contribution in [0, 0.1) is 12.7 Å². The van der Waals surface area contributed by atoms with Gasteiger partial charge in [-0.25, -0.2) is 12.8 Å². The topological polar surface area (TPSA) is 72.3 Å². The van der Waals surface area contributed by atoms with E-state index < -0.39 is 9.84 Å². The number of hydrogen-bond acceptors (Lipinski definition) is 5. The van der Waals surface area contributed by atoms with Crippen molar-refractivity contribution in [3.63, 3.8) is 0 Å². The van der Waals surface area contributed by atoms with Gasteiger partial charge in [-0.1, -0.05) is 12.1 Å². The number of carbonyl (C=O) groups excluding carboxylic acids is 1. The molecule has 0 N–H and O–H groups in total. The van der Waals surface area contributed by atoms with Crippen molar-refractivity contribution in [2.75, 3.05) is 18.6 Å². The van der Waals surface area contributed by atoms with Gasteiger partial charge in [-0.2, -0.15) is 5.10 Å². The first kappa shape index (κ1) is 19.1. The Morgan fingerprint density at radius 1 is 1.36 bits per heavy atom. The molecule has 148 valence electrons. The number of aryl methyl sites for hydroxylation is 1. The summed E-state index contributed by atoms with van der Waals surface area (Å²) in [5.41, 5.74) is 1.74. The van der Waals surface area contributed by atoms with Gasteiger partial charge in [0.05, 0.1) is 28.6 Å². The fraction of sp³-hybridized carbons (Fsp3) is 0.368. The van der Waals surface area contributed by atoms with Gasteiger partial charge in [0.1, 0.15) is 10.6 Å². The minimum absolute atomic E-state index is 0.0253. The Balaban J connectivity index is 1.61. The lowest BCUT2D eigenvalue weighted by Gasteiger charge is -2.22. The van der Waals surface area contributed by atoms with Crippen molar-refractivity contribution in [1.82, 2.24) is 14.7 Å². The van der Waals surface area contributed by atoms with Gasteiger partial charge in [0.15, 0.2) is 9.84 Å². The van der Waals surface area contributed by atoms with Crippen molar-refractivity contribution in [3.05, 3.63) is 52.3 Å². The molecule has 1 aliphatic rings. The number of hydrogen-bond donors (Lipinski definition) is 0. The summed E-state index contributed by atoms with van der Waals surface area (Å²) in [5, 5.41) is 5.44. The second-order valence-corrected chi connectivity index (χ2v) is 10.4. The molecule has 1 saturated heterocycles. The molecule has 0 saturated carbocycles. The largest absolute Gasteiger partial charge is 0.337 e. The molecule has 28 heavy (non-hydrogen) atoms. The SMILES string of the molecule is Cc1nn(Cc2ccc(F)cc2)c2sc(C(=O)N(C)C3CCS(=O)(=O)C3)cc12. The Morgan fingerprint density at radius 2 is 2.07 bits per heavy atom. The van der Waals surface area contributed by atoms with Crippen molar-refractivity contribution in [3.8, 4) is 0 Å². The van der Waals surface area contributed by atoms with Gasteiger partial charge in [-0.05, 0) is 37.1 Å². The number of thiophene rings is 1. The lowest BCUT2D eigenvalue weighted by molar-refractivity contribution is 0.0752. The van der Waals surface area contributed by atoms with E-state index in [9.17, 15) is 17.6 Å². The summed E-state index contributed by atoms with van der Waals surface area (Å²) in [4.78, 5) is 15.9. The van der Waals surface area contributed by atoms with E-state index in [4.69, 9.17) is 0 Å². The van der Waals surface area contributed by atoms with Gasteiger partial charge in [0.25, 0.3) is 5.91 Å². The Kier molecular flexibility index (Phi) is 4.75. The first-order valence-corrected chi connectivity index (χ1v) is 11.6. The Hall–Kier alpha value is -2.26. The zero-order valence-electron chi connectivity index (χ0n) is 15.6. The maximum atomic E-state index is 13.1. The monoisotopic (exact) mass is 421 g/mol. The number of aromatic nitrogens is 2. The third-order valence-electron chi connectivity index (χ3n) is 5.14. The predicted octanol–water partition coefficient (Wildman–Crippen LogP) is 2.85. The van der Waals surface area contributed by atoms with Crippen molar-refractivity contribution in [2.45, 2.75) is 25.9 Å². The third kappa shape index (κ3) is 3.56. The van der Waals surface area contributed by atoms with E-state index in [-0.39, 0.29) is 29.3 Å². The molecular weight excluding hydrogens is 401 g/mol. The first-order chi connectivity index (χ1) is 13.2. The van der Waals surface area contributed by atoms with Crippen LogP contribution >= 0.6 is 11.3 Å². The minimum Gasteiger partial charge on any atom is -0.337 e. The second kappa shape index (κ2) is 6.97. The van der Waals surface area contributed by atoms with Crippen molar-refractivity contribution in [1.29, 1.82) is 0 Å². The fourth-order valence-corrected chi connectivity index (χ4v) is 6.43. The van der Waals surface area contributed by atoms with Crippen LogP contribution in [0.25, 0.3) is 10.2 Å². The average Bonchev–Trinajstić information content (AvgIpc) is 3.31. The summed E-state index contributed by atoms with van der Waals surface area (Å²) < 4.78 is 38.4. The first-order valence-electron chi connectivity index (χ1n) is 8.92. The summed E-state index contributed by atoms with van der Waals surface area (Å²) in [7, 11) is -1.39. The van der Waals surface area contributed by atoms with Crippen LogP contribution in [0.4, 0.5) is 4.39 Å². The molecule has 3 aromatic rings. The molecule has 1 amide bonds. The lowest BCUT2D eigenvalue weighted by atomic mass is 10.2. The van der Waals surface area contributed by atoms with Gasteiger partial charge in [-0.15, -0.1) is 11.3 Å².